The van der Waals surface area contributed by atoms with E-state index in [0.29, 0.717) is 17.3 Å². The van der Waals surface area contributed by atoms with Gasteiger partial charge < -0.3 is 10.1 Å². The van der Waals surface area contributed by atoms with Crippen LogP contribution in [-0.4, -0.2) is 6.54 Å². The number of halogens is 2. The van der Waals surface area contributed by atoms with Crippen molar-refractivity contribution in [3.8, 4) is 11.5 Å². The summed E-state index contributed by atoms with van der Waals surface area (Å²) in [6.45, 7) is 3.67. The van der Waals surface area contributed by atoms with E-state index in [1.165, 1.54) is 6.07 Å². The van der Waals surface area contributed by atoms with Crippen LogP contribution < -0.4 is 10.1 Å². The van der Waals surface area contributed by atoms with E-state index < -0.39 is 0 Å². The molecule has 0 fully saturated rings. The summed E-state index contributed by atoms with van der Waals surface area (Å²) in [6.07, 6.45) is 1.05. The molecule has 2 aromatic rings. The number of hydrogen-bond acceptors (Lipinski definition) is 2. The van der Waals surface area contributed by atoms with E-state index in [-0.39, 0.29) is 11.6 Å². The van der Waals surface area contributed by atoms with Gasteiger partial charge in [-0.3, -0.25) is 0 Å². The van der Waals surface area contributed by atoms with Crippen molar-refractivity contribution < 1.29 is 9.13 Å². The van der Waals surface area contributed by atoms with E-state index in [9.17, 15) is 4.39 Å². The number of rotatable bonds is 6. The second kappa shape index (κ2) is 7.27. The molecular weight excluding hydrogens is 277 g/mol. The second-order valence-corrected chi connectivity index (χ2v) is 4.94. The van der Waals surface area contributed by atoms with Crippen LogP contribution in [0.5, 0.6) is 11.5 Å². The fraction of sp³-hybridized carbons (Fsp3) is 0.250. The fourth-order valence-corrected chi connectivity index (χ4v) is 1.98. The maximum Gasteiger partial charge on any atom is 0.166 e. The number of ether oxygens (including phenoxy) is 1. The topological polar surface area (TPSA) is 21.3 Å². The molecule has 20 heavy (non-hydrogen) atoms. The van der Waals surface area contributed by atoms with Gasteiger partial charge in [-0.2, -0.15) is 0 Å². The van der Waals surface area contributed by atoms with Crippen molar-refractivity contribution in [3.63, 3.8) is 0 Å². The zero-order chi connectivity index (χ0) is 14.4. The zero-order valence-electron chi connectivity index (χ0n) is 11.3. The Bertz CT molecular complexity index is 574. The quantitative estimate of drug-likeness (QED) is 0.775. The van der Waals surface area contributed by atoms with Crippen molar-refractivity contribution in [2.45, 2.75) is 19.9 Å². The highest BCUT2D eigenvalue weighted by Gasteiger charge is 2.06. The Morgan fingerprint density at radius 1 is 1.20 bits per heavy atom. The van der Waals surface area contributed by atoms with Crippen LogP contribution in [0.15, 0.2) is 42.5 Å². The van der Waals surface area contributed by atoms with Crippen LogP contribution in [0, 0.1) is 5.82 Å². The zero-order valence-corrected chi connectivity index (χ0v) is 12.1. The molecule has 0 aliphatic carbocycles. The van der Waals surface area contributed by atoms with E-state index >= 15 is 0 Å². The van der Waals surface area contributed by atoms with Gasteiger partial charge >= 0.3 is 0 Å². The molecule has 1 N–H and O–H groups in total. The SMILES string of the molecule is CCCNCc1ccc(Oc2cccc(Cl)c2)c(F)c1. The molecule has 0 bridgehead atoms. The van der Waals surface area contributed by atoms with Gasteiger partial charge in [-0.1, -0.05) is 30.7 Å². The second-order valence-electron chi connectivity index (χ2n) is 4.50. The minimum absolute atomic E-state index is 0.200. The molecule has 2 rings (SSSR count). The first-order valence-corrected chi connectivity index (χ1v) is 6.99. The average Bonchev–Trinajstić information content (AvgIpc) is 2.42. The third kappa shape index (κ3) is 4.22. The third-order valence-corrected chi connectivity index (χ3v) is 3.01. The molecule has 0 aliphatic rings. The van der Waals surface area contributed by atoms with Crippen LogP contribution in [0.2, 0.25) is 5.02 Å². The summed E-state index contributed by atoms with van der Waals surface area (Å²) in [4.78, 5) is 0. The molecule has 0 amide bonds. The van der Waals surface area contributed by atoms with Crippen LogP contribution in [0.25, 0.3) is 0 Å². The van der Waals surface area contributed by atoms with Crippen LogP contribution in [0.3, 0.4) is 0 Å². The summed E-state index contributed by atoms with van der Waals surface area (Å²) in [5.41, 5.74) is 0.898. The molecule has 0 radical (unpaired) electrons. The maximum atomic E-state index is 14.0. The Labute approximate surface area is 123 Å². The molecule has 4 heteroatoms. The molecular formula is C16H17ClFNO. The Morgan fingerprint density at radius 2 is 2.05 bits per heavy atom. The lowest BCUT2D eigenvalue weighted by Crippen LogP contribution is -2.13. The van der Waals surface area contributed by atoms with Crippen LogP contribution >= 0.6 is 11.6 Å². The monoisotopic (exact) mass is 293 g/mol. The number of hydrogen-bond donors (Lipinski definition) is 1. The van der Waals surface area contributed by atoms with Crippen LogP contribution in [0.4, 0.5) is 4.39 Å². The standard InChI is InChI=1S/C16H17ClFNO/c1-2-8-19-11-12-6-7-16(15(18)9-12)20-14-5-3-4-13(17)10-14/h3-7,9-10,19H,2,8,11H2,1H3. The van der Waals surface area contributed by atoms with Gasteiger partial charge in [0.25, 0.3) is 0 Å². The third-order valence-electron chi connectivity index (χ3n) is 2.78. The lowest BCUT2D eigenvalue weighted by atomic mass is 10.2. The molecule has 0 spiro atoms. The molecule has 106 valence electrons. The van der Waals surface area contributed by atoms with Gasteiger partial charge in [0, 0.05) is 11.6 Å². The summed E-state index contributed by atoms with van der Waals surface area (Å²) in [5.74, 6) is 0.348. The van der Waals surface area contributed by atoms with Gasteiger partial charge in [-0.05, 0) is 48.9 Å². The number of nitrogens with one attached hydrogen (secondary N) is 1. The molecule has 0 saturated heterocycles. The van der Waals surface area contributed by atoms with E-state index in [4.69, 9.17) is 16.3 Å². The van der Waals surface area contributed by atoms with Crippen molar-refractivity contribution >= 4 is 11.6 Å². The van der Waals surface area contributed by atoms with Crippen molar-refractivity contribution in [1.82, 2.24) is 5.32 Å². The average molecular weight is 294 g/mol. The lowest BCUT2D eigenvalue weighted by Gasteiger charge is -2.09. The maximum absolute atomic E-state index is 14.0. The summed E-state index contributed by atoms with van der Waals surface area (Å²) < 4.78 is 19.5. The highest BCUT2D eigenvalue weighted by molar-refractivity contribution is 6.30. The predicted octanol–water partition coefficient (Wildman–Crippen LogP) is 4.77. The van der Waals surface area contributed by atoms with E-state index in [1.54, 1.807) is 30.3 Å². The minimum atomic E-state index is -0.374. The normalized spacial score (nSPS) is 10.6. The first-order valence-electron chi connectivity index (χ1n) is 6.61. The molecule has 0 heterocycles. The highest BCUT2D eigenvalue weighted by atomic mass is 35.5. The van der Waals surface area contributed by atoms with Gasteiger partial charge in [0.2, 0.25) is 0 Å². The van der Waals surface area contributed by atoms with Gasteiger partial charge in [0.05, 0.1) is 0 Å². The minimum Gasteiger partial charge on any atom is -0.454 e. The fourth-order valence-electron chi connectivity index (χ4n) is 1.80. The smallest absolute Gasteiger partial charge is 0.166 e. The summed E-state index contributed by atoms with van der Waals surface area (Å²) >= 11 is 5.87. The molecule has 0 saturated carbocycles. The molecule has 2 nitrogen and oxygen atoms in total. The van der Waals surface area contributed by atoms with Crippen molar-refractivity contribution in [2.75, 3.05) is 6.54 Å². The Morgan fingerprint density at radius 3 is 2.75 bits per heavy atom. The predicted molar refractivity (Wildman–Crippen MR) is 79.9 cm³/mol. The summed E-state index contributed by atoms with van der Waals surface area (Å²) in [6, 6.07) is 11.9. The van der Waals surface area contributed by atoms with Crippen LogP contribution in [-0.2, 0) is 6.54 Å². The van der Waals surface area contributed by atoms with E-state index in [1.807, 2.05) is 6.07 Å². The summed E-state index contributed by atoms with van der Waals surface area (Å²) in [7, 11) is 0. The number of benzene rings is 2. The Balaban J connectivity index is 2.06. The van der Waals surface area contributed by atoms with Crippen molar-refractivity contribution in [1.29, 1.82) is 0 Å². The molecule has 0 aliphatic heterocycles. The molecule has 0 atom stereocenters. The van der Waals surface area contributed by atoms with E-state index in [0.717, 1.165) is 18.5 Å². The van der Waals surface area contributed by atoms with Crippen molar-refractivity contribution in [2.24, 2.45) is 0 Å². The van der Waals surface area contributed by atoms with E-state index in [2.05, 4.69) is 12.2 Å². The largest absolute Gasteiger partial charge is 0.454 e. The molecule has 0 aromatic heterocycles. The first kappa shape index (κ1) is 14.8. The van der Waals surface area contributed by atoms with Crippen LogP contribution in [0.1, 0.15) is 18.9 Å². The summed E-state index contributed by atoms with van der Waals surface area (Å²) in [5, 5.41) is 3.79. The van der Waals surface area contributed by atoms with Gasteiger partial charge in [0.15, 0.2) is 11.6 Å². The van der Waals surface area contributed by atoms with Gasteiger partial charge in [-0.25, -0.2) is 4.39 Å². The first-order chi connectivity index (χ1) is 9.69. The lowest BCUT2D eigenvalue weighted by molar-refractivity contribution is 0.441. The van der Waals surface area contributed by atoms with Crippen molar-refractivity contribution in [3.05, 3.63) is 58.9 Å². The Hall–Kier alpha value is -1.58. The highest BCUT2D eigenvalue weighted by Crippen LogP contribution is 2.26. The van der Waals surface area contributed by atoms with Gasteiger partial charge in [-0.15, -0.1) is 0 Å². The Kier molecular flexibility index (Phi) is 5.39. The van der Waals surface area contributed by atoms with Gasteiger partial charge in [0.1, 0.15) is 5.75 Å². The molecule has 0 unspecified atom stereocenters. The molecule has 2 aromatic carbocycles.